The Morgan fingerprint density at radius 1 is 1.07 bits per heavy atom. The largest absolute Gasteiger partial charge is 0.366 e. The van der Waals surface area contributed by atoms with Gasteiger partial charge in [-0.25, -0.2) is 8.42 Å². The van der Waals surface area contributed by atoms with Gasteiger partial charge in [0.15, 0.2) is 0 Å². The van der Waals surface area contributed by atoms with Crippen molar-refractivity contribution in [2.45, 2.75) is 17.9 Å². The van der Waals surface area contributed by atoms with Gasteiger partial charge in [0.2, 0.25) is 5.91 Å². The summed E-state index contributed by atoms with van der Waals surface area (Å²) in [6.07, 6.45) is 0.947. The Morgan fingerprint density at radius 2 is 1.82 bits per heavy atom. The second kappa shape index (κ2) is 7.29. The lowest BCUT2D eigenvalue weighted by atomic mass is 10.1. The third-order valence-corrected chi connectivity index (χ3v) is 7.15. The van der Waals surface area contributed by atoms with Crippen molar-refractivity contribution in [1.82, 2.24) is 0 Å². The van der Waals surface area contributed by atoms with Gasteiger partial charge in [-0.3, -0.25) is 9.52 Å². The lowest BCUT2D eigenvalue weighted by Crippen LogP contribution is -2.30. The molecule has 6 nitrogen and oxygen atoms in total. The highest BCUT2D eigenvalue weighted by molar-refractivity contribution is 7.92. The molecule has 144 valence electrons. The number of benzene rings is 2. The van der Waals surface area contributed by atoms with Crippen LogP contribution in [0.5, 0.6) is 0 Å². The fourth-order valence-electron chi connectivity index (χ4n) is 3.29. The normalized spacial score (nSPS) is 13.8. The maximum absolute atomic E-state index is 12.8. The van der Waals surface area contributed by atoms with Gasteiger partial charge in [-0.1, -0.05) is 12.1 Å². The van der Waals surface area contributed by atoms with Crippen molar-refractivity contribution < 1.29 is 13.2 Å². The van der Waals surface area contributed by atoms with E-state index >= 15 is 0 Å². The number of nitrogens with two attached hydrogens (primary N) is 1. The summed E-state index contributed by atoms with van der Waals surface area (Å²) in [6, 6.07) is 15.1. The topological polar surface area (TPSA) is 92.5 Å². The van der Waals surface area contributed by atoms with Crippen LogP contribution < -0.4 is 15.4 Å². The number of carbonyl (C=O) groups excluding carboxylic acids is 1. The monoisotopic (exact) mass is 413 g/mol. The Bertz CT molecular complexity index is 1120. The molecule has 0 fully saturated rings. The average molecular weight is 414 g/mol. The van der Waals surface area contributed by atoms with E-state index < -0.39 is 15.9 Å². The summed E-state index contributed by atoms with van der Waals surface area (Å²) in [5.41, 5.74) is 8.14. The molecular formula is C20H19N3O3S2. The van der Waals surface area contributed by atoms with Crippen LogP contribution in [0.1, 0.15) is 20.8 Å². The van der Waals surface area contributed by atoms with E-state index in [9.17, 15) is 13.2 Å². The number of thiophene rings is 1. The van der Waals surface area contributed by atoms with Crippen molar-refractivity contribution >= 4 is 38.6 Å². The lowest BCUT2D eigenvalue weighted by Gasteiger charge is -2.30. The van der Waals surface area contributed by atoms with Crippen molar-refractivity contribution in [3.63, 3.8) is 0 Å². The van der Waals surface area contributed by atoms with Crippen LogP contribution in [0.15, 0.2) is 64.9 Å². The number of sulfonamides is 1. The molecule has 3 aromatic rings. The van der Waals surface area contributed by atoms with Crippen molar-refractivity contribution in [2.75, 3.05) is 16.2 Å². The zero-order valence-electron chi connectivity index (χ0n) is 15.0. The third-order valence-electron chi connectivity index (χ3n) is 4.75. The smallest absolute Gasteiger partial charge is 0.261 e. The zero-order valence-corrected chi connectivity index (χ0v) is 16.6. The number of rotatable bonds is 5. The lowest BCUT2D eigenvalue weighted by molar-refractivity contribution is 0.1000. The van der Waals surface area contributed by atoms with E-state index in [1.165, 1.54) is 34.7 Å². The molecule has 28 heavy (non-hydrogen) atoms. The van der Waals surface area contributed by atoms with Gasteiger partial charge in [-0.2, -0.15) is 0 Å². The number of para-hydroxylation sites is 2. The SMILES string of the molecule is NC(=O)c1ccc(S(=O)(=O)Nc2ccccc2N2CCc3sccc3C2)cc1. The van der Waals surface area contributed by atoms with E-state index in [1.807, 2.05) is 12.1 Å². The van der Waals surface area contributed by atoms with Gasteiger partial charge in [0, 0.05) is 23.5 Å². The van der Waals surface area contributed by atoms with Crippen LogP contribution in [0.25, 0.3) is 0 Å². The number of nitrogens with one attached hydrogen (secondary N) is 1. The quantitative estimate of drug-likeness (QED) is 0.672. The second-order valence-corrected chi connectivity index (χ2v) is 9.23. The highest BCUT2D eigenvalue weighted by Crippen LogP contribution is 2.33. The zero-order chi connectivity index (χ0) is 19.7. The van der Waals surface area contributed by atoms with Crippen molar-refractivity contribution in [2.24, 2.45) is 5.73 Å². The summed E-state index contributed by atoms with van der Waals surface area (Å²) in [4.78, 5) is 14.8. The number of carbonyl (C=O) groups is 1. The Labute approximate surface area is 167 Å². The first-order chi connectivity index (χ1) is 13.4. The van der Waals surface area contributed by atoms with Crippen LogP contribution in [-0.2, 0) is 23.0 Å². The maximum Gasteiger partial charge on any atom is 0.261 e. The predicted molar refractivity (Wildman–Crippen MR) is 111 cm³/mol. The molecule has 2 aromatic carbocycles. The molecular weight excluding hydrogens is 394 g/mol. The summed E-state index contributed by atoms with van der Waals surface area (Å²) in [5, 5.41) is 2.10. The van der Waals surface area contributed by atoms with E-state index in [2.05, 4.69) is 21.1 Å². The summed E-state index contributed by atoms with van der Waals surface area (Å²) < 4.78 is 28.3. The van der Waals surface area contributed by atoms with Crippen molar-refractivity contribution in [1.29, 1.82) is 0 Å². The molecule has 3 N–H and O–H groups in total. The first-order valence-corrected chi connectivity index (χ1v) is 11.1. The van der Waals surface area contributed by atoms with Crippen LogP contribution in [0.4, 0.5) is 11.4 Å². The Balaban J connectivity index is 1.61. The Morgan fingerprint density at radius 3 is 2.57 bits per heavy atom. The first-order valence-electron chi connectivity index (χ1n) is 8.76. The Kier molecular flexibility index (Phi) is 4.82. The molecule has 1 amide bonds. The van der Waals surface area contributed by atoms with Crippen molar-refractivity contribution in [3.05, 3.63) is 76.0 Å². The molecule has 0 saturated carbocycles. The molecule has 4 rings (SSSR count). The standard InChI is InChI=1S/C20H19N3O3S2/c21-20(24)14-5-7-16(8-6-14)28(25,26)22-17-3-1-2-4-18(17)23-11-9-19-15(13-23)10-12-27-19/h1-8,10,12,22H,9,11,13H2,(H2,21,24). The fraction of sp³-hybridized carbons (Fsp3) is 0.150. The minimum Gasteiger partial charge on any atom is -0.366 e. The van der Waals surface area contributed by atoms with Crippen LogP contribution in [0, 0.1) is 0 Å². The number of fused-ring (bicyclic) bond motifs is 1. The molecule has 0 spiro atoms. The molecule has 1 aliphatic heterocycles. The summed E-state index contributed by atoms with van der Waals surface area (Å²) in [5.74, 6) is -0.597. The van der Waals surface area contributed by atoms with Crippen LogP contribution in [0.3, 0.4) is 0 Å². The van der Waals surface area contributed by atoms with E-state index in [0.717, 1.165) is 25.2 Å². The number of amides is 1. The first kappa shape index (κ1) is 18.5. The van der Waals surface area contributed by atoms with Gasteiger partial charge in [0.1, 0.15) is 0 Å². The third kappa shape index (κ3) is 3.61. The number of anilines is 2. The molecule has 0 aliphatic carbocycles. The highest BCUT2D eigenvalue weighted by atomic mass is 32.2. The molecule has 0 bridgehead atoms. The maximum atomic E-state index is 12.8. The van der Waals surface area contributed by atoms with Crippen LogP contribution in [0.2, 0.25) is 0 Å². The van der Waals surface area contributed by atoms with E-state index in [0.29, 0.717) is 5.69 Å². The van der Waals surface area contributed by atoms with Gasteiger partial charge >= 0.3 is 0 Å². The minimum atomic E-state index is -3.79. The molecule has 0 atom stereocenters. The van der Waals surface area contributed by atoms with Gasteiger partial charge < -0.3 is 10.6 Å². The van der Waals surface area contributed by atoms with Crippen LogP contribution in [-0.4, -0.2) is 20.9 Å². The summed E-state index contributed by atoms with van der Waals surface area (Å²) >= 11 is 1.77. The van der Waals surface area contributed by atoms with E-state index in [-0.39, 0.29) is 10.5 Å². The average Bonchev–Trinajstić information content (AvgIpc) is 3.16. The molecule has 0 radical (unpaired) electrons. The fourth-order valence-corrected chi connectivity index (χ4v) is 5.26. The molecule has 8 heteroatoms. The summed E-state index contributed by atoms with van der Waals surface area (Å²) in [7, 11) is -3.79. The highest BCUT2D eigenvalue weighted by Gasteiger charge is 2.22. The minimum absolute atomic E-state index is 0.0751. The van der Waals surface area contributed by atoms with Gasteiger partial charge in [-0.15, -0.1) is 11.3 Å². The molecule has 0 unspecified atom stereocenters. The second-order valence-electron chi connectivity index (χ2n) is 6.55. The number of nitrogens with zero attached hydrogens (tertiary/aromatic N) is 1. The van der Waals surface area contributed by atoms with Gasteiger partial charge in [0.25, 0.3) is 10.0 Å². The molecule has 1 aromatic heterocycles. The molecule has 0 saturated heterocycles. The molecule has 2 heterocycles. The predicted octanol–water partition coefficient (Wildman–Crippen LogP) is 3.21. The van der Waals surface area contributed by atoms with E-state index in [1.54, 1.807) is 23.5 Å². The van der Waals surface area contributed by atoms with Gasteiger partial charge in [-0.05, 0) is 59.8 Å². The number of primary amides is 1. The summed E-state index contributed by atoms with van der Waals surface area (Å²) in [6.45, 7) is 1.59. The van der Waals surface area contributed by atoms with Crippen LogP contribution >= 0.6 is 11.3 Å². The van der Waals surface area contributed by atoms with Crippen molar-refractivity contribution in [3.8, 4) is 0 Å². The Hall–Kier alpha value is -2.84. The number of hydrogen-bond donors (Lipinski definition) is 2. The van der Waals surface area contributed by atoms with Gasteiger partial charge in [0.05, 0.1) is 16.3 Å². The molecule has 1 aliphatic rings. The number of hydrogen-bond acceptors (Lipinski definition) is 5. The van der Waals surface area contributed by atoms with E-state index in [4.69, 9.17) is 5.73 Å².